The lowest BCUT2D eigenvalue weighted by Crippen LogP contribution is -2.29. The molecule has 1 N–H and O–H groups in total. The Balaban J connectivity index is 1.83. The van der Waals surface area contributed by atoms with Crippen molar-refractivity contribution < 1.29 is 19.2 Å². The molecule has 7 nitrogen and oxygen atoms in total. The number of nitrogens with zero attached hydrogens (tertiary/aromatic N) is 2. The number of para-hydroxylation sites is 2. The fraction of sp³-hybridized carbons (Fsp3) is 0.192. The first-order chi connectivity index (χ1) is 16.0. The van der Waals surface area contributed by atoms with Gasteiger partial charge in [-0.05, 0) is 43.7 Å². The van der Waals surface area contributed by atoms with Crippen LogP contribution in [-0.4, -0.2) is 31.5 Å². The Morgan fingerprint density at radius 3 is 2.33 bits per heavy atom. The number of rotatable bonds is 9. The molecule has 0 bridgehead atoms. The predicted octanol–water partition coefficient (Wildman–Crippen LogP) is 4.82. The van der Waals surface area contributed by atoms with Crippen LogP contribution in [0.25, 0.3) is 0 Å². The molecule has 7 heteroatoms. The largest absolute Gasteiger partial charge is 0.457 e. The first-order valence-electron chi connectivity index (χ1n) is 10.5. The second-order valence-corrected chi connectivity index (χ2v) is 7.16. The molecule has 0 aliphatic heterocycles. The van der Waals surface area contributed by atoms with Crippen LogP contribution in [0.5, 0.6) is 11.5 Å². The molecule has 170 valence electrons. The minimum atomic E-state index is -0.352. The van der Waals surface area contributed by atoms with Crippen LogP contribution in [-0.2, 0) is 21.1 Å². The van der Waals surface area contributed by atoms with E-state index < -0.39 is 0 Å². The second kappa shape index (κ2) is 11.5. The number of nitrogens with one attached hydrogen (secondary N) is 1. The molecule has 0 unspecified atom stereocenters. The highest BCUT2D eigenvalue weighted by atomic mass is 16.6. The normalized spacial score (nSPS) is 11.6. The van der Waals surface area contributed by atoms with Gasteiger partial charge in [0, 0.05) is 23.7 Å². The van der Waals surface area contributed by atoms with Gasteiger partial charge in [-0.15, -0.1) is 0 Å². The van der Waals surface area contributed by atoms with E-state index in [2.05, 4.69) is 15.6 Å². The Kier molecular flexibility index (Phi) is 8.18. The summed E-state index contributed by atoms with van der Waals surface area (Å²) in [4.78, 5) is 22.9. The summed E-state index contributed by atoms with van der Waals surface area (Å²) in [7, 11) is 2.94. The zero-order valence-corrected chi connectivity index (χ0v) is 19.2. The summed E-state index contributed by atoms with van der Waals surface area (Å²) in [5, 5.41) is 10.8. The highest BCUT2D eigenvalue weighted by Crippen LogP contribution is 2.26. The van der Waals surface area contributed by atoms with Gasteiger partial charge in [-0.2, -0.15) is 0 Å². The Hall–Kier alpha value is -4.13. The smallest absolute Gasteiger partial charge is 0.273 e. The molecule has 0 saturated carbocycles. The molecule has 0 atom stereocenters. The van der Waals surface area contributed by atoms with Gasteiger partial charge in [-0.25, -0.2) is 0 Å². The lowest BCUT2D eigenvalue weighted by molar-refractivity contribution is -0.114. The molecule has 0 fully saturated rings. The van der Waals surface area contributed by atoms with Crippen molar-refractivity contribution in [3.05, 3.63) is 95.1 Å². The summed E-state index contributed by atoms with van der Waals surface area (Å²) < 4.78 is 6.02. The van der Waals surface area contributed by atoms with E-state index in [9.17, 15) is 4.79 Å². The van der Waals surface area contributed by atoms with Crippen LogP contribution in [0.15, 0.2) is 83.1 Å². The van der Waals surface area contributed by atoms with Gasteiger partial charge in [0.2, 0.25) is 0 Å². The summed E-state index contributed by atoms with van der Waals surface area (Å²) in [6.07, 6.45) is 0. The molecular weight excluding hydrogens is 418 g/mol. The molecular formula is C26H27N3O4. The molecule has 0 aromatic heterocycles. The van der Waals surface area contributed by atoms with Gasteiger partial charge in [-0.1, -0.05) is 58.8 Å². The number of benzene rings is 3. The van der Waals surface area contributed by atoms with Gasteiger partial charge >= 0.3 is 0 Å². The zero-order chi connectivity index (χ0) is 23.6. The summed E-state index contributed by atoms with van der Waals surface area (Å²) >= 11 is 0. The predicted molar refractivity (Wildman–Crippen MR) is 129 cm³/mol. The highest BCUT2D eigenvalue weighted by Gasteiger charge is 2.19. The van der Waals surface area contributed by atoms with E-state index in [-0.39, 0.29) is 18.2 Å². The van der Waals surface area contributed by atoms with Crippen LogP contribution in [0.4, 0.5) is 0 Å². The van der Waals surface area contributed by atoms with Crippen molar-refractivity contribution >= 4 is 17.3 Å². The van der Waals surface area contributed by atoms with Crippen molar-refractivity contribution in [1.29, 1.82) is 0 Å². The molecule has 0 radical (unpaired) electrons. The van der Waals surface area contributed by atoms with Crippen molar-refractivity contribution in [3.63, 3.8) is 0 Å². The van der Waals surface area contributed by atoms with E-state index in [1.54, 1.807) is 13.1 Å². The third-order valence-corrected chi connectivity index (χ3v) is 4.95. The molecule has 3 aromatic carbocycles. The van der Waals surface area contributed by atoms with Crippen LogP contribution in [0.3, 0.4) is 0 Å². The average Bonchev–Trinajstić information content (AvgIpc) is 2.84. The number of hydrogen-bond donors (Lipinski definition) is 1. The zero-order valence-electron chi connectivity index (χ0n) is 19.2. The molecule has 0 saturated heterocycles. The first kappa shape index (κ1) is 23.5. The minimum Gasteiger partial charge on any atom is -0.457 e. The Morgan fingerprint density at radius 2 is 1.61 bits per heavy atom. The highest BCUT2D eigenvalue weighted by molar-refractivity contribution is 6.45. The molecule has 1 amide bonds. The summed E-state index contributed by atoms with van der Waals surface area (Å²) in [5.74, 6) is 1.07. The number of carbonyl (C=O) groups is 1. The van der Waals surface area contributed by atoms with Gasteiger partial charge in [0.1, 0.15) is 25.2 Å². The SMILES string of the molecule is CNC(=O)/C(=N/OC)c1cccc(C)c1CO/N=C(\C)c1ccccc1Oc1ccccc1. The molecule has 0 spiro atoms. The van der Waals surface area contributed by atoms with Crippen molar-refractivity contribution in [1.82, 2.24) is 5.32 Å². The quantitative estimate of drug-likeness (QED) is 0.378. The van der Waals surface area contributed by atoms with Crippen molar-refractivity contribution in [3.8, 4) is 11.5 Å². The van der Waals surface area contributed by atoms with Gasteiger partial charge in [0.05, 0.1) is 5.71 Å². The molecule has 3 aromatic rings. The van der Waals surface area contributed by atoms with Crippen molar-refractivity contribution in [2.45, 2.75) is 20.5 Å². The molecule has 33 heavy (non-hydrogen) atoms. The number of amides is 1. The lowest BCUT2D eigenvalue weighted by Gasteiger charge is -2.13. The molecule has 0 heterocycles. The third-order valence-electron chi connectivity index (χ3n) is 4.95. The van der Waals surface area contributed by atoms with Gasteiger partial charge in [0.25, 0.3) is 5.91 Å². The van der Waals surface area contributed by atoms with Crippen molar-refractivity contribution in [2.75, 3.05) is 14.2 Å². The van der Waals surface area contributed by atoms with Gasteiger partial charge < -0.3 is 19.7 Å². The minimum absolute atomic E-state index is 0.154. The van der Waals surface area contributed by atoms with Crippen LogP contribution in [0.1, 0.15) is 29.2 Å². The fourth-order valence-corrected chi connectivity index (χ4v) is 3.25. The van der Waals surface area contributed by atoms with E-state index in [0.29, 0.717) is 17.0 Å². The summed E-state index contributed by atoms with van der Waals surface area (Å²) in [5.41, 5.74) is 4.01. The maximum atomic E-state index is 12.3. The summed E-state index contributed by atoms with van der Waals surface area (Å²) in [6, 6.07) is 22.8. The average molecular weight is 446 g/mol. The molecule has 0 aliphatic rings. The Bertz CT molecular complexity index is 1160. The maximum Gasteiger partial charge on any atom is 0.273 e. The van der Waals surface area contributed by atoms with Crippen LogP contribution in [0, 0.1) is 6.92 Å². The number of aryl methyl sites for hydroxylation is 1. The number of hydrogen-bond acceptors (Lipinski definition) is 6. The Morgan fingerprint density at radius 1 is 0.909 bits per heavy atom. The topological polar surface area (TPSA) is 81.5 Å². The maximum absolute atomic E-state index is 12.3. The van der Waals surface area contributed by atoms with Gasteiger partial charge in [0.15, 0.2) is 5.71 Å². The first-order valence-corrected chi connectivity index (χ1v) is 10.5. The van der Waals surface area contributed by atoms with Crippen LogP contribution in [0.2, 0.25) is 0 Å². The second-order valence-electron chi connectivity index (χ2n) is 7.16. The standard InChI is InChI=1S/C26H27N3O4/c1-18-11-10-15-22(25(29-31-4)26(30)27-3)23(18)17-32-28-19(2)21-14-8-9-16-24(21)33-20-12-6-5-7-13-20/h5-16H,17H2,1-4H3,(H,27,30)/b28-19+,29-25+. The van der Waals surface area contributed by atoms with E-state index in [0.717, 1.165) is 22.4 Å². The van der Waals surface area contributed by atoms with E-state index >= 15 is 0 Å². The summed E-state index contributed by atoms with van der Waals surface area (Å²) in [6.45, 7) is 3.95. The van der Waals surface area contributed by atoms with Gasteiger partial charge in [-0.3, -0.25) is 4.79 Å². The number of ether oxygens (including phenoxy) is 1. The number of carbonyl (C=O) groups excluding carboxylic acids is 1. The van der Waals surface area contributed by atoms with E-state index in [1.807, 2.05) is 80.6 Å². The fourth-order valence-electron chi connectivity index (χ4n) is 3.25. The Labute approximate surface area is 193 Å². The lowest BCUT2D eigenvalue weighted by atomic mass is 9.98. The molecule has 0 aliphatic carbocycles. The van der Waals surface area contributed by atoms with Crippen LogP contribution < -0.4 is 10.1 Å². The number of likely N-dealkylation sites (N-methyl/N-ethyl adjacent to an activating group) is 1. The van der Waals surface area contributed by atoms with Crippen LogP contribution >= 0.6 is 0 Å². The number of oxime groups is 2. The monoisotopic (exact) mass is 445 g/mol. The molecule has 3 rings (SSSR count). The van der Waals surface area contributed by atoms with Crippen molar-refractivity contribution in [2.24, 2.45) is 10.3 Å². The van der Waals surface area contributed by atoms with E-state index in [4.69, 9.17) is 14.4 Å². The third kappa shape index (κ3) is 5.98. The van der Waals surface area contributed by atoms with E-state index in [1.165, 1.54) is 7.11 Å².